The van der Waals surface area contributed by atoms with Crippen LogP contribution in [0.15, 0.2) is 28.9 Å². The maximum absolute atomic E-state index is 13.7. The summed E-state index contributed by atoms with van der Waals surface area (Å²) in [4.78, 5) is 0. The van der Waals surface area contributed by atoms with Gasteiger partial charge in [-0.2, -0.15) is 0 Å². The van der Waals surface area contributed by atoms with E-state index in [1.807, 2.05) is 22.9 Å². The standard InChI is InChI=1S/C12H13BrFN/c1-8(2)7-15-4-3-9-5-10(13)6-11(14)12(9)15/h3-6,8H,7H2,1-2H3. The molecule has 0 aliphatic rings. The highest BCUT2D eigenvalue weighted by molar-refractivity contribution is 9.10. The lowest BCUT2D eigenvalue weighted by molar-refractivity contribution is 0.527. The number of aromatic nitrogens is 1. The fourth-order valence-corrected chi connectivity index (χ4v) is 2.25. The normalized spacial score (nSPS) is 11.5. The van der Waals surface area contributed by atoms with Gasteiger partial charge in [-0.05, 0) is 24.1 Å². The summed E-state index contributed by atoms with van der Waals surface area (Å²) < 4.78 is 16.5. The summed E-state index contributed by atoms with van der Waals surface area (Å²) in [6.45, 7) is 5.10. The first-order chi connectivity index (χ1) is 7.08. The van der Waals surface area contributed by atoms with Gasteiger partial charge in [-0.25, -0.2) is 4.39 Å². The van der Waals surface area contributed by atoms with Crippen molar-refractivity contribution < 1.29 is 4.39 Å². The number of hydrogen-bond donors (Lipinski definition) is 0. The van der Waals surface area contributed by atoms with Crippen LogP contribution in [0.3, 0.4) is 0 Å². The van der Waals surface area contributed by atoms with Crippen molar-refractivity contribution in [1.82, 2.24) is 4.57 Å². The minimum Gasteiger partial charge on any atom is -0.345 e. The molecule has 0 saturated carbocycles. The van der Waals surface area contributed by atoms with E-state index >= 15 is 0 Å². The quantitative estimate of drug-likeness (QED) is 0.770. The van der Waals surface area contributed by atoms with E-state index < -0.39 is 0 Å². The van der Waals surface area contributed by atoms with Crippen LogP contribution in [0.2, 0.25) is 0 Å². The monoisotopic (exact) mass is 269 g/mol. The molecular formula is C12H13BrFN. The van der Waals surface area contributed by atoms with E-state index in [2.05, 4.69) is 29.8 Å². The predicted molar refractivity (Wildman–Crippen MR) is 64.4 cm³/mol. The Morgan fingerprint density at radius 1 is 1.40 bits per heavy atom. The van der Waals surface area contributed by atoms with E-state index in [1.54, 1.807) is 0 Å². The molecule has 2 aromatic rings. The zero-order valence-corrected chi connectivity index (χ0v) is 10.4. The van der Waals surface area contributed by atoms with Crippen LogP contribution in [0.5, 0.6) is 0 Å². The average Bonchev–Trinajstić information content (AvgIpc) is 2.46. The van der Waals surface area contributed by atoms with Crippen LogP contribution < -0.4 is 0 Å². The van der Waals surface area contributed by atoms with Crippen molar-refractivity contribution in [2.45, 2.75) is 20.4 Å². The van der Waals surface area contributed by atoms with Crippen LogP contribution in [-0.2, 0) is 6.54 Å². The third-order valence-corrected chi connectivity index (χ3v) is 2.80. The fourth-order valence-electron chi connectivity index (χ4n) is 1.81. The van der Waals surface area contributed by atoms with Crippen molar-refractivity contribution in [3.63, 3.8) is 0 Å². The first kappa shape index (κ1) is 10.7. The van der Waals surface area contributed by atoms with Gasteiger partial charge in [0.1, 0.15) is 5.82 Å². The summed E-state index contributed by atoms with van der Waals surface area (Å²) in [7, 11) is 0. The molecule has 2 rings (SSSR count). The molecule has 80 valence electrons. The topological polar surface area (TPSA) is 4.93 Å². The van der Waals surface area contributed by atoms with Crippen LogP contribution >= 0.6 is 15.9 Å². The average molecular weight is 270 g/mol. The summed E-state index contributed by atoms with van der Waals surface area (Å²) >= 11 is 3.29. The molecule has 0 atom stereocenters. The van der Waals surface area contributed by atoms with Gasteiger partial charge >= 0.3 is 0 Å². The molecule has 0 aliphatic heterocycles. The molecule has 0 aliphatic carbocycles. The van der Waals surface area contributed by atoms with Crippen molar-refractivity contribution in [2.24, 2.45) is 5.92 Å². The number of fused-ring (bicyclic) bond motifs is 1. The van der Waals surface area contributed by atoms with Gasteiger partial charge < -0.3 is 4.57 Å². The molecule has 0 N–H and O–H groups in total. The van der Waals surface area contributed by atoms with Gasteiger partial charge in [0.05, 0.1) is 5.52 Å². The van der Waals surface area contributed by atoms with Crippen LogP contribution in [-0.4, -0.2) is 4.57 Å². The summed E-state index contributed by atoms with van der Waals surface area (Å²) in [5.74, 6) is 0.355. The Morgan fingerprint density at radius 2 is 2.13 bits per heavy atom. The smallest absolute Gasteiger partial charge is 0.148 e. The second-order valence-corrected chi connectivity index (χ2v) is 5.10. The van der Waals surface area contributed by atoms with E-state index in [4.69, 9.17) is 0 Å². The van der Waals surface area contributed by atoms with Crippen LogP contribution in [0.4, 0.5) is 4.39 Å². The zero-order valence-electron chi connectivity index (χ0n) is 8.80. The van der Waals surface area contributed by atoms with Gasteiger partial charge in [0.2, 0.25) is 0 Å². The lowest BCUT2D eigenvalue weighted by Gasteiger charge is -2.08. The molecule has 0 unspecified atom stereocenters. The van der Waals surface area contributed by atoms with E-state index in [0.717, 1.165) is 16.4 Å². The molecule has 1 aromatic carbocycles. The van der Waals surface area contributed by atoms with E-state index in [0.29, 0.717) is 11.4 Å². The Morgan fingerprint density at radius 3 is 2.80 bits per heavy atom. The van der Waals surface area contributed by atoms with Crippen LogP contribution in [0.25, 0.3) is 10.9 Å². The van der Waals surface area contributed by atoms with Gasteiger partial charge in [-0.15, -0.1) is 0 Å². The SMILES string of the molecule is CC(C)Cn1ccc2cc(Br)cc(F)c21. The first-order valence-electron chi connectivity index (χ1n) is 5.02. The van der Waals surface area contributed by atoms with E-state index in [9.17, 15) is 4.39 Å². The zero-order chi connectivity index (χ0) is 11.0. The molecule has 1 aromatic heterocycles. The molecule has 15 heavy (non-hydrogen) atoms. The molecule has 1 nitrogen and oxygen atoms in total. The lowest BCUT2D eigenvalue weighted by Crippen LogP contribution is -2.03. The van der Waals surface area contributed by atoms with Crippen molar-refractivity contribution in [3.05, 3.63) is 34.7 Å². The van der Waals surface area contributed by atoms with Gasteiger partial charge in [-0.1, -0.05) is 29.8 Å². The van der Waals surface area contributed by atoms with Gasteiger partial charge in [-0.3, -0.25) is 0 Å². The third kappa shape index (κ3) is 2.07. The van der Waals surface area contributed by atoms with Crippen molar-refractivity contribution in [1.29, 1.82) is 0 Å². The molecule has 0 spiro atoms. The second kappa shape index (κ2) is 3.97. The summed E-state index contributed by atoms with van der Waals surface area (Å²) in [5, 5.41) is 0.947. The summed E-state index contributed by atoms with van der Waals surface area (Å²) in [6, 6.07) is 5.40. The number of halogens is 2. The molecule has 0 fully saturated rings. The van der Waals surface area contributed by atoms with Crippen molar-refractivity contribution >= 4 is 26.8 Å². The number of hydrogen-bond acceptors (Lipinski definition) is 0. The molecule has 0 bridgehead atoms. The molecule has 0 radical (unpaired) electrons. The minimum atomic E-state index is -0.162. The number of rotatable bonds is 2. The third-order valence-electron chi connectivity index (χ3n) is 2.34. The fraction of sp³-hybridized carbons (Fsp3) is 0.333. The molecule has 0 amide bonds. The summed E-state index contributed by atoms with van der Waals surface area (Å²) in [5.41, 5.74) is 0.701. The Hall–Kier alpha value is -0.830. The highest BCUT2D eigenvalue weighted by atomic mass is 79.9. The lowest BCUT2D eigenvalue weighted by atomic mass is 10.2. The van der Waals surface area contributed by atoms with Crippen LogP contribution in [0.1, 0.15) is 13.8 Å². The van der Waals surface area contributed by atoms with Crippen LogP contribution in [0, 0.1) is 11.7 Å². The van der Waals surface area contributed by atoms with E-state index in [1.165, 1.54) is 6.07 Å². The van der Waals surface area contributed by atoms with E-state index in [-0.39, 0.29) is 5.82 Å². The minimum absolute atomic E-state index is 0.162. The second-order valence-electron chi connectivity index (χ2n) is 4.19. The highest BCUT2D eigenvalue weighted by Gasteiger charge is 2.08. The molecule has 1 heterocycles. The Bertz CT molecular complexity index is 488. The molecule has 3 heteroatoms. The Labute approximate surface area is 97.0 Å². The largest absolute Gasteiger partial charge is 0.345 e. The Balaban J connectivity index is 2.58. The van der Waals surface area contributed by atoms with Crippen molar-refractivity contribution in [2.75, 3.05) is 0 Å². The maximum atomic E-state index is 13.7. The first-order valence-corrected chi connectivity index (χ1v) is 5.81. The highest BCUT2D eigenvalue weighted by Crippen LogP contribution is 2.24. The molecule has 0 saturated heterocycles. The maximum Gasteiger partial charge on any atom is 0.148 e. The van der Waals surface area contributed by atoms with Gasteiger partial charge in [0.25, 0.3) is 0 Å². The van der Waals surface area contributed by atoms with Gasteiger partial charge in [0, 0.05) is 22.6 Å². The number of nitrogens with zero attached hydrogens (tertiary/aromatic N) is 1. The molecular weight excluding hydrogens is 257 g/mol. The predicted octanol–water partition coefficient (Wildman–Crippen LogP) is 4.20. The summed E-state index contributed by atoms with van der Waals surface area (Å²) in [6.07, 6.45) is 1.94. The van der Waals surface area contributed by atoms with Crippen molar-refractivity contribution in [3.8, 4) is 0 Å². The Kier molecular flexibility index (Phi) is 2.83. The number of benzene rings is 1. The van der Waals surface area contributed by atoms with Gasteiger partial charge in [0.15, 0.2) is 0 Å².